The van der Waals surface area contributed by atoms with Crippen molar-refractivity contribution in [1.82, 2.24) is 4.31 Å². The van der Waals surface area contributed by atoms with Gasteiger partial charge in [-0.05, 0) is 43.7 Å². The fourth-order valence-corrected chi connectivity index (χ4v) is 6.46. The van der Waals surface area contributed by atoms with E-state index in [4.69, 9.17) is 4.74 Å². The maximum Gasteiger partial charge on any atom is 0.313 e. The molecule has 1 aliphatic carbocycles. The number of benzene rings is 2. The van der Waals surface area contributed by atoms with E-state index in [1.165, 1.54) is 16.1 Å². The zero-order chi connectivity index (χ0) is 24.5. The van der Waals surface area contributed by atoms with Crippen LogP contribution in [0.25, 0.3) is 0 Å². The van der Waals surface area contributed by atoms with E-state index in [2.05, 4.69) is 11.8 Å². The van der Waals surface area contributed by atoms with Crippen molar-refractivity contribution in [3.05, 3.63) is 42.5 Å². The summed E-state index contributed by atoms with van der Waals surface area (Å²) in [5.74, 6) is -0.454. The van der Waals surface area contributed by atoms with Gasteiger partial charge in [-0.3, -0.25) is 4.79 Å². The van der Waals surface area contributed by atoms with Crippen LogP contribution in [0, 0.1) is 5.41 Å². The van der Waals surface area contributed by atoms with E-state index in [1.807, 2.05) is 42.7 Å². The number of rotatable bonds is 9. The summed E-state index contributed by atoms with van der Waals surface area (Å²) >= 11 is 1.46. The summed E-state index contributed by atoms with van der Waals surface area (Å²) in [6, 6.07) is 13.1. The number of sulfonamides is 1. The molecular formula is C25H32N2O5S2. The van der Waals surface area contributed by atoms with Crippen LogP contribution < -0.4 is 9.64 Å². The molecule has 0 aromatic heterocycles. The Morgan fingerprint density at radius 2 is 1.94 bits per heavy atom. The van der Waals surface area contributed by atoms with Crippen LogP contribution >= 0.6 is 11.8 Å². The molecule has 0 radical (unpaired) electrons. The fourth-order valence-electron chi connectivity index (χ4n) is 4.35. The van der Waals surface area contributed by atoms with Crippen LogP contribution in [0.15, 0.2) is 52.3 Å². The average Bonchev–Trinajstić information content (AvgIpc) is 3.64. The number of fused-ring (bicyclic) bond motifs is 1. The molecular weight excluding hydrogens is 472 g/mol. The molecule has 2 aromatic rings. The molecule has 0 unspecified atom stereocenters. The number of hydrogen-bond donors (Lipinski definition) is 1. The van der Waals surface area contributed by atoms with Gasteiger partial charge < -0.3 is 14.7 Å². The number of ether oxygens (including phenoxy) is 1. The van der Waals surface area contributed by atoms with Gasteiger partial charge in [-0.15, -0.1) is 11.8 Å². The highest BCUT2D eigenvalue weighted by molar-refractivity contribution is 7.98. The Kier molecular flexibility index (Phi) is 7.17. The number of thioether (sulfide) groups is 1. The van der Waals surface area contributed by atoms with Crippen LogP contribution in [-0.2, 0) is 14.8 Å². The molecule has 1 N–H and O–H groups in total. The van der Waals surface area contributed by atoms with Gasteiger partial charge in [-0.25, -0.2) is 8.42 Å². The largest absolute Gasteiger partial charge is 0.491 e. The summed E-state index contributed by atoms with van der Waals surface area (Å²) in [4.78, 5) is 14.7. The number of anilines is 2. The fraction of sp³-hybridized carbons (Fsp3) is 0.480. The smallest absolute Gasteiger partial charge is 0.313 e. The summed E-state index contributed by atoms with van der Waals surface area (Å²) in [7, 11) is -2.14. The van der Waals surface area contributed by atoms with Gasteiger partial charge in [0.05, 0.1) is 10.6 Å². The number of unbranched alkanes of at least 4 members (excludes halogenated alkanes) is 1. The van der Waals surface area contributed by atoms with Crippen LogP contribution in [0.4, 0.5) is 11.4 Å². The van der Waals surface area contributed by atoms with Crippen molar-refractivity contribution >= 4 is 39.1 Å². The first-order chi connectivity index (χ1) is 16.2. The number of carboxylic acids is 1. The molecule has 1 saturated carbocycles. The van der Waals surface area contributed by atoms with Crippen molar-refractivity contribution < 1.29 is 23.1 Å². The van der Waals surface area contributed by atoms with Crippen molar-refractivity contribution in [2.24, 2.45) is 5.41 Å². The molecule has 0 bridgehead atoms. The first-order valence-corrected chi connectivity index (χ1v) is 14.3. The molecule has 1 fully saturated rings. The van der Waals surface area contributed by atoms with Gasteiger partial charge in [0.25, 0.3) is 0 Å². The van der Waals surface area contributed by atoms with Crippen LogP contribution in [0.3, 0.4) is 0 Å². The third-order valence-corrected chi connectivity index (χ3v) is 9.57. The number of aliphatic carboxylic acids is 1. The Morgan fingerprint density at radius 1 is 1.24 bits per heavy atom. The lowest BCUT2D eigenvalue weighted by Gasteiger charge is -2.29. The molecule has 7 nitrogen and oxygen atoms in total. The molecule has 2 aromatic carbocycles. The quantitative estimate of drug-likeness (QED) is 0.482. The number of para-hydroxylation sites is 1. The highest BCUT2D eigenvalue weighted by Crippen LogP contribution is 2.48. The van der Waals surface area contributed by atoms with Gasteiger partial charge in [0.1, 0.15) is 22.7 Å². The summed E-state index contributed by atoms with van der Waals surface area (Å²) < 4.78 is 35.1. The monoisotopic (exact) mass is 504 g/mol. The maximum atomic E-state index is 13.8. The van der Waals surface area contributed by atoms with Crippen molar-refractivity contribution in [2.75, 3.05) is 31.4 Å². The summed E-state index contributed by atoms with van der Waals surface area (Å²) in [5.41, 5.74) is 0.687. The van der Waals surface area contributed by atoms with Crippen molar-refractivity contribution in [3.8, 4) is 5.75 Å². The summed E-state index contributed by atoms with van der Waals surface area (Å²) in [6.45, 7) is 2.68. The first kappa shape index (κ1) is 24.9. The molecule has 2 aliphatic rings. The van der Waals surface area contributed by atoms with Gasteiger partial charge in [-0.2, -0.15) is 4.31 Å². The minimum atomic E-state index is -3.79. The van der Waals surface area contributed by atoms with E-state index in [1.54, 1.807) is 13.1 Å². The third kappa shape index (κ3) is 4.65. The molecule has 1 atom stereocenters. The third-order valence-electron chi connectivity index (χ3n) is 6.87. The van der Waals surface area contributed by atoms with Crippen molar-refractivity contribution in [2.45, 2.75) is 54.9 Å². The van der Waals surface area contributed by atoms with Gasteiger partial charge >= 0.3 is 5.97 Å². The molecule has 1 heterocycles. The van der Waals surface area contributed by atoms with Gasteiger partial charge in [0.15, 0.2) is 0 Å². The number of carbonyl (C=O) groups is 1. The molecule has 4 rings (SSSR count). The average molecular weight is 505 g/mol. The van der Waals surface area contributed by atoms with E-state index in [0.717, 1.165) is 29.8 Å². The Balaban J connectivity index is 1.82. The minimum Gasteiger partial charge on any atom is -0.491 e. The van der Waals surface area contributed by atoms with E-state index in [9.17, 15) is 18.3 Å². The number of nitrogens with zero attached hydrogens (tertiary/aromatic N) is 2. The van der Waals surface area contributed by atoms with E-state index >= 15 is 0 Å². The van der Waals surface area contributed by atoms with Crippen LogP contribution in [0.5, 0.6) is 5.75 Å². The normalized spacial score (nSPS) is 20.9. The molecule has 0 spiro atoms. The summed E-state index contributed by atoms with van der Waals surface area (Å²) in [6.07, 6.45) is 5.75. The number of hydrogen-bond acceptors (Lipinski definition) is 6. The van der Waals surface area contributed by atoms with E-state index in [0.29, 0.717) is 30.8 Å². The Bertz CT molecular complexity index is 1150. The lowest BCUT2D eigenvalue weighted by molar-refractivity contribution is -0.144. The van der Waals surface area contributed by atoms with Gasteiger partial charge in [-0.1, -0.05) is 38.0 Å². The second-order valence-corrected chi connectivity index (χ2v) is 11.9. The highest BCUT2D eigenvalue weighted by Gasteiger charge is 2.51. The topological polar surface area (TPSA) is 87.1 Å². The van der Waals surface area contributed by atoms with Crippen LogP contribution in [-0.4, -0.2) is 56.3 Å². The van der Waals surface area contributed by atoms with Crippen LogP contribution in [0.2, 0.25) is 0 Å². The Labute approximate surface area is 206 Å². The highest BCUT2D eigenvalue weighted by atomic mass is 32.2. The zero-order valence-electron chi connectivity index (χ0n) is 19.9. The van der Waals surface area contributed by atoms with Crippen molar-refractivity contribution in [1.29, 1.82) is 0 Å². The number of likely N-dealkylation sites (N-methyl/N-ethyl adjacent to an activating group) is 1. The second-order valence-electron chi connectivity index (χ2n) is 9.11. The van der Waals surface area contributed by atoms with E-state index < -0.39 is 21.4 Å². The maximum absolute atomic E-state index is 13.8. The SMILES string of the molecule is CCCC[C@H]1CN(c2ccccc2)c2cc(SC)c(OCC3(C(=O)O)CC3)cc2S(=O)(=O)N1C. The predicted molar refractivity (Wildman–Crippen MR) is 135 cm³/mol. The number of carboxylic acid groups (broad SMARTS) is 1. The zero-order valence-corrected chi connectivity index (χ0v) is 21.5. The Morgan fingerprint density at radius 3 is 2.53 bits per heavy atom. The van der Waals surface area contributed by atoms with Crippen LogP contribution in [0.1, 0.15) is 39.0 Å². The molecule has 184 valence electrons. The summed E-state index contributed by atoms with van der Waals surface area (Å²) in [5, 5.41) is 9.52. The van der Waals surface area contributed by atoms with Gasteiger partial charge in [0.2, 0.25) is 10.0 Å². The van der Waals surface area contributed by atoms with Crippen molar-refractivity contribution in [3.63, 3.8) is 0 Å². The molecule has 0 saturated heterocycles. The molecule has 1 aliphatic heterocycles. The standard InChI is InChI=1S/C25H32N2O5S2/c1-4-5-9-19-16-27(18-10-7-6-8-11-18)20-14-22(33-3)21(15-23(20)34(30,31)26(19)2)32-17-25(12-13-25)24(28)29/h6-8,10-11,14-15,19H,4-5,9,12-13,16-17H2,1-3H3,(H,28,29)/t19-/m0/s1. The second kappa shape index (κ2) is 9.79. The van der Waals surface area contributed by atoms with E-state index in [-0.39, 0.29) is 17.5 Å². The molecule has 0 amide bonds. The lowest BCUT2D eigenvalue weighted by atomic mass is 10.1. The van der Waals surface area contributed by atoms with Gasteiger partial charge in [0, 0.05) is 31.4 Å². The molecule has 9 heteroatoms. The minimum absolute atomic E-state index is 0.0338. The predicted octanol–water partition coefficient (Wildman–Crippen LogP) is 4.98. The first-order valence-electron chi connectivity index (χ1n) is 11.6. The molecule has 34 heavy (non-hydrogen) atoms. The lowest BCUT2D eigenvalue weighted by Crippen LogP contribution is -2.40. The Hall–Kier alpha value is -2.23.